The molecule has 0 aromatic heterocycles. The first-order chi connectivity index (χ1) is 7.13. The van der Waals surface area contributed by atoms with E-state index in [4.69, 9.17) is 5.11 Å². The minimum Gasteiger partial charge on any atom is -0.387 e. The standard InChI is InChI=1S/C11H20N2O2/c1-10(2)3-4-12-5-7-13(8-6-12)11(15)9-14/h3,14H,4-9H2,1-2H3. The minimum atomic E-state index is -0.367. The first-order valence-electron chi connectivity index (χ1n) is 5.38. The zero-order chi connectivity index (χ0) is 11.3. The van der Waals surface area contributed by atoms with Gasteiger partial charge in [0.15, 0.2) is 0 Å². The molecule has 0 aliphatic carbocycles. The lowest BCUT2D eigenvalue weighted by atomic mass is 10.2. The Balaban J connectivity index is 2.30. The van der Waals surface area contributed by atoms with E-state index in [9.17, 15) is 4.79 Å². The van der Waals surface area contributed by atoms with Crippen LogP contribution in [0, 0.1) is 0 Å². The summed E-state index contributed by atoms with van der Waals surface area (Å²) in [5, 5.41) is 8.71. The van der Waals surface area contributed by atoms with Crippen LogP contribution in [0.5, 0.6) is 0 Å². The maximum Gasteiger partial charge on any atom is 0.248 e. The van der Waals surface area contributed by atoms with Crippen molar-refractivity contribution in [3.63, 3.8) is 0 Å². The van der Waals surface area contributed by atoms with Gasteiger partial charge in [-0.05, 0) is 13.8 Å². The van der Waals surface area contributed by atoms with E-state index in [0.717, 1.165) is 32.7 Å². The van der Waals surface area contributed by atoms with Crippen molar-refractivity contribution in [3.05, 3.63) is 11.6 Å². The Morgan fingerprint density at radius 3 is 2.33 bits per heavy atom. The molecular formula is C11H20N2O2. The average molecular weight is 212 g/mol. The summed E-state index contributed by atoms with van der Waals surface area (Å²) in [4.78, 5) is 15.2. The molecule has 0 saturated carbocycles. The highest BCUT2D eigenvalue weighted by Gasteiger charge is 2.19. The number of aliphatic hydroxyl groups is 1. The van der Waals surface area contributed by atoms with E-state index in [0.29, 0.717) is 0 Å². The van der Waals surface area contributed by atoms with E-state index in [2.05, 4.69) is 24.8 Å². The van der Waals surface area contributed by atoms with Crippen molar-refractivity contribution in [1.29, 1.82) is 0 Å². The van der Waals surface area contributed by atoms with Crippen LogP contribution in [0.25, 0.3) is 0 Å². The van der Waals surface area contributed by atoms with Gasteiger partial charge in [0, 0.05) is 32.7 Å². The fourth-order valence-electron chi connectivity index (χ4n) is 1.59. The summed E-state index contributed by atoms with van der Waals surface area (Å²) in [5.41, 5.74) is 1.32. The molecule has 0 unspecified atom stereocenters. The summed E-state index contributed by atoms with van der Waals surface area (Å²) in [6.07, 6.45) is 2.20. The van der Waals surface area contributed by atoms with Crippen LogP contribution in [0.2, 0.25) is 0 Å². The van der Waals surface area contributed by atoms with Crippen molar-refractivity contribution in [2.75, 3.05) is 39.3 Å². The molecule has 4 heteroatoms. The van der Waals surface area contributed by atoms with Crippen molar-refractivity contribution >= 4 is 5.91 Å². The molecule has 1 saturated heterocycles. The van der Waals surface area contributed by atoms with Gasteiger partial charge in [0.25, 0.3) is 0 Å². The molecular weight excluding hydrogens is 192 g/mol. The number of aliphatic hydroxyl groups excluding tert-OH is 1. The zero-order valence-corrected chi connectivity index (χ0v) is 9.57. The smallest absolute Gasteiger partial charge is 0.248 e. The summed E-state index contributed by atoms with van der Waals surface area (Å²) in [5.74, 6) is -0.156. The Morgan fingerprint density at radius 2 is 1.87 bits per heavy atom. The van der Waals surface area contributed by atoms with Gasteiger partial charge in [-0.1, -0.05) is 11.6 Å². The highest BCUT2D eigenvalue weighted by Crippen LogP contribution is 2.02. The number of carbonyl (C=O) groups excluding carboxylic acids is 1. The summed E-state index contributed by atoms with van der Waals surface area (Å²) >= 11 is 0. The van der Waals surface area contributed by atoms with Gasteiger partial charge < -0.3 is 10.0 Å². The van der Waals surface area contributed by atoms with Gasteiger partial charge in [-0.15, -0.1) is 0 Å². The maximum atomic E-state index is 11.2. The highest BCUT2D eigenvalue weighted by atomic mass is 16.3. The molecule has 0 spiro atoms. The Hall–Kier alpha value is -0.870. The second-order valence-corrected chi connectivity index (χ2v) is 4.12. The second-order valence-electron chi connectivity index (χ2n) is 4.12. The lowest BCUT2D eigenvalue weighted by molar-refractivity contribution is -0.135. The van der Waals surface area contributed by atoms with E-state index in [1.807, 2.05) is 0 Å². The number of allylic oxidation sites excluding steroid dienone is 1. The van der Waals surface area contributed by atoms with Gasteiger partial charge in [0.05, 0.1) is 0 Å². The Kier molecular flexibility index (Phi) is 4.78. The largest absolute Gasteiger partial charge is 0.387 e. The lowest BCUT2D eigenvalue weighted by Gasteiger charge is -2.33. The summed E-state index contributed by atoms with van der Waals surface area (Å²) in [7, 11) is 0. The quantitative estimate of drug-likeness (QED) is 0.674. The summed E-state index contributed by atoms with van der Waals surface area (Å²) in [6.45, 7) is 8.03. The van der Waals surface area contributed by atoms with Crippen molar-refractivity contribution in [3.8, 4) is 0 Å². The van der Waals surface area contributed by atoms with E-state index in [1.54, 1.807) is 4.90 Å². The first kappa shape index (κ1) is 12.2. The molecule has 1 N–H and O–H groups in total. The number of rotatable bonds is 3. The third-order valence-corrected chi connectivity index (χ3v) is 2.62. The molecule has 1 amide bonds. The van der Waals surface area contributed by atoms with Gasteiger partial charge in [0.1, 0.15) is 6.61 Å². The van der Waals surface area contributed by atoms with Gasteiger partial charge >= 0.3 is 0 Å². The molecule has 0 radical (unpaired) electrons. The monoisotopic (exact) mass is 212 g/mol. The van der Waals surface area contributed by atoms with Crippen LogP contribution in [0.3, 0.4) is 0 Å². The number of piperazine rings is 1. The average Bonchev–Trinajstić information content (AvgIpc) is 2.26. The predicted molar refractivity (Wildman–Crippen MR) is 59.5 cm³/mol. The SMILES string of the molecule is CC(C)=CCN1CCN(C(=O)CO)CC1. The Labute approximate surface area is 91.2 Å². The molecule has 0 atom stereocenters. The number of nitrogens with zero attached hydrogens (tertiary/aromatic N) is 2. The lowest BCUT2D eigenvalue weighted by Crippen LogP contribution is -2.49. The second kappa shape index (κ2) is 5.88. The molecule has 1 rings (SSSR count). The van der Waals surface area contributed by atoms with E-state index < -0.39 is 0 Å². The molecule has 0 bridgehead atoms. The maximum absolute atomic E-state index is 11.2. The molecule has 1 aliphatic heterocycles. The normalized spacial score (nSPS) is 17.7. The van der Waals surface area contributed by atoms with Crippen molar-refractivity contribution < 1.29 is 9.90 Å². The van der Waals surface area contributed by atoms with Gasteiger partial charge in [-0.3, -0.25) is 9.69 Å². The summed E-state index contributed by atoms with van der Waals surface area (Å²) in [6, 6.07) is 0. The topological polar surface area (TPSA) is 43.8 Å². The molecule has 0 aromatic rings. The van der Waals surface area contributed by atoms with Crippen molar-refractivity contribution in [2.24, 2.45) is 0 Å². The van der Waals surface area contributed by atoms with Gasteiger partial charge in [0.2, 0.25) is 5.91 Å². The number of hydrogen-bond acceptors (Lipinski definition) is 3. The zero-order valence-electron chi connectivity index (χ0n) is 9.57. The predicted octanol–water partition coefficient (Wildman–Crippen LogP) is 0.0891. The summed E-state index contributed by atoms with van der Waals surface area (Å²) < 4.78 is 0. The number of amides is 1. The third-order valence-electron chi connectivity index (χ3n) is 2.62. The molecule has 1 fully saturated rings. The van der Waals surface area contributed by atoms with Crippen LogP contribution in [-0.4, -0.2) is 60.1 Å². The van der Waals surface area contributed by atoms with Crippen molar-refractivity contribution in [2.45, 2.75) is 13.8 Å². The Morgan fingerprint density at radius 1 is 1.27 bits per heavy atom. The molecule has 1 heterocycles. The first-order valence-corrected chi connectivity index (χ1v) is 5.38. The van der Waals surface area contributed by atoms with Crippen LogP contribution in [-0.2, 0) is 4.79 Å². The fourth-order valence-corrected chi connectivity index (χ4v) is 1.59. The van der Waals surface area contributed by atoms with Gasteiger partial charge in [-0.2, -0.15) is 0 Å². The Bertz CT molecular complexity index is 239. The number of carbonyl (C=O) groups is 1. The van der Waals surface area contributed by atoms with Crippen molar-refractivity contribution in [1.82, 2.24) is 9.80 Å². The fraction of sp³-hybridized carbons (Fsp3) is 0.727. The highest BCUT2D eigenvalue weighted by molar-refractivity contribution is 5.77. The number of hydrogen-bond donors (Lipinski definition) is 1. The molecule has 1 aliphatic rings. The minimum absolute atomic E-state index is 0.156. The molecule has 15 heavy (non-hydrogen) atoms. The van der Waals surface area contributed by atoms with E-state index in [-0.39, 0.29) is 12.5 Å². The van der Waals surface area contributed by atoms with Gasteiger partial charge in [-0.25, -0.2) is 0 Å². The van der Waals surface area contributed by atoms with Crippen LogP contribution >= 0.6 is 0 Å². The van der Waals surface area contributed by atoms with Crippen LogP contribution in [0.1, 0.15) is 13.8 Å². The molecule has 0 aromatic carbocycles. The van der Waals surface area contributed by atoms with E-state index in [1.165, 1.54) is 5.57 Å². The third kappa shape index (κ3) is 4.01. The van der Waals surface area contributed by atoms with E-state index >= 15 is 0 Å². The molecule has 4 nitrogen and oxygen atoms in total. The van der Waals surface area contributed by atoms with Crippen LogP contribution in [0.15, 0.2) is 11.6 Å². The molecule has 86 valence electrons. The van der Waals surface area contributed by atoms with Crippen LogP contribution in [0.4, 0.5) is 0 Å². The van der Waals surface area contributed by atoms with Crippen LogP contribution < -0.4 is 0 Å².